The molecular weight excluding hydrogens is 527 g/mol. The molecule has 2 aliphatic rings. The molecule has 1 fully saturated rings. The third kappa shape index (κ3) is 3.92. The lowest BCUT2D eigenvalue weighted by molar-refractivity contribution is 0.00578. The molecule has 3 heterocycles. The first-order chi connectivity index (χ1) is 20.8. The number of anilines is 3. The van der Waals surface area contributed by atoms with Gasteiger partial charge in [0.2, 0.25) is 0 Å². The number of benzene rings is 5. The third-order valence-corrected chi connectivity index (χ3v) is 9.36. The Hall–Kier alpha value is -4.58. The van der Waals surface area contributed by atoms with Crippen molar-refractivity contribution in [2.24, 2.45) is 0 Å². The molecule has 8 rings (SSSR count). The van der Waals surface area contributed by atoms with Crippen LogP contribution in [-0.2, 0) is 9.31 Å². The Morgan fingerprint density at radius 3 is 1.86 bits per heavy atom. The van der Waals surface area contributed by atoms with Gasteiger partial charge in [0.1, 0.15) is 0 Å². The minimum absolute atomic E-state index is 0.425. The van der Waals surface area contributed by atoms with E-state index in [9.17, 15) is 0 Å². The molecule has 5 aromatic carbocycles. The smallest absolute Gasteiger partial charge is 0.399 e. The van der Waals surface area contributed by atoms with Crippen LogP contribution in [0.3, 0.4) is 0 Å². The fourth-order valence-corrected chi connectivity index (χ4v) is 6.54. The molecule has 210 valence electrons. The van der Waals surface area contributed by atoms with Crippen LogP contribution in [-0.4, -0.2) is 22.9 Å². The summed E-state index contributed by atoms with van der Waals surface area (Å²) < 4.78 is 15.5. The zero-order chi connectivity index (χ0) is 29.3. The van der Waals surface area contributed by atoms with Crippen LogP contribution in [0.2, 0.25) is 0 Å². The van der Waals surface area contributed by atoms with E-state index in [0.717, 1.165) is 33.8 Å². The van der Waals surface area contributed by atoms with Crippen molar-refractivity contribution in [3.05, 3.63) is 127 Å². The van der Waals surface area contributed by atoms with Gasteiger partial charge in [0, 0.05) is 33.5 Å². The Bertz CT molecular complexity index is 1980. The van der Waals surface area contributed by atoms with Crippen molar-refractivity contribution in [3.8, 4) is 28.1 Å². The van der Waals surface area contributed by atoms with Crippen LogP contribution in [0.4, 0.5) is 17.1 Å². The van der Waals surface area contributed by atoms with Crippen molar-refractivity contribution in [2.75, 3.05) is 4.90 Å². The van der Waals surface area contributed by atoms with Gasteiger partial charge in [-0.15, -0.1) is 0 Å². The monoisotopic (exact) mass is 560 g/mol. The maximum absolute atomic E-state index is 6.55. The van der Waals surface area contributed by atoms with Crippen molar-refractivity contribution in [1.82, 2.24) is 4.57 Å². The highest BCUT2D eigenvalue weighted by Gasteiger charge is 2.52. The molecule has 2 aliphatic heterocycles. The number of fused-ring (bicyclic) bond motifs is 7. The summed E-state index contributed by atoms with van der Waals surface area (Å²) in [4.78, 5) is 2.39. The van der Waals surface area contributed by atoms with Gasteiger partial charge in [-0.05, 0) is 75.6 Å². The van der Waals surface area contributed by atoms with Gasteiger partial charge < -0.3 is 18.8 Å². The molecule has 0 atom stereocenters. The number of para-hydroxylation sites is 4. The predicted octanol–water partition coefficient (Wildman–Crippen LogP) is 9.05. The average molecular weight is 561 g/mol. The summed E-state index contributed by atoms with van der Waals surface area (Å²) in [5, 5.41) is 1.21. The molecule has 0 unspecified atom stereocenters. The Morgan fingerprint density at radius 1 is 0.558 bits per heavy atom. The van der Waals surface area contributed by atoms with Gasteiger partial charge in [-0.1, -0.05) is 84.9 Å². The summed E-state index contributed by atoms with van der Waals surface area (Å²) in [6.45, 7) is 8.43. The van der Waals surface area contributed by atoms with Crippen molar-refractivity contribution in [2.45, 2.75) is 38.9 Å². The molecule has 1 aromatic heterocycles. The van der Waals surface area contributed by atoms with Gasteiger partial charge in [0.15, 0.2) is 0 Å². The minimum Gasteiger partial charge on any atom is -0.399 e. The van der Waals surface area contributed by atoms with Crippen molar-refractivity contribution in [3.63, 3.8) is 0 Å². The van der Waals surface area contributed by atoms with Gasteiger partial charge >= 0.3 is 7.12 Å². The highest BCUT2D eigenvalue weighted by atomic mass is 16.7. The van der Waals surface area contributed by atoms with E-state index in [-0.39, 0.29) is 0 Å². The van der Waals surface area contributed by atoms with E-state index in [4.69, 9.17) is 9.31 Å². The summed E-state index contributed by atoms with van der Waals surface area (Å²) in [6, 6.07) is 45.5. The van der Waals surface area contributed by atoms with Crippen LogP contribution in [0.25, 0.3) is 39.0 Å². The molecule has 4 nitrogen and oxygen atoms in total. The number of nitrogens with zero attached hydrogens (tertiary/aromatic N) is 2. The average Bonchev–Trinajstić information content (AvgIpc) is 3.43. The maximum Gasteiger partial charge on any atom is 0.494 e. The highest BCUT2D eigenvalue weighted by molar-refractivity contribution is 6.62. The van der Waals surface area contributed by atoms with E-state index in [2.05, 4.69) is 165 Å². The standard InChI is InChI=1S/C38H33BN2O2/c1-37(2)38(3,4)43-39(42-37)26-23-24-34-31(25-26)35-29-19-11-13-21-32(29)41(28-17-9-6-10-18-28)36(35)30-20-12-14-22-33(30)40(34)27-15-7-5-8-16-27/h5-25H,1-4H3. The third-order valence-electron chi connectivity index (χ3n) is 9.36. The lowest BCUT2D eigenvalue weighted by atomic mass is 9.77. The summed E-state index contributed by atoms with van der Waals surface area (Å²) in [5.41, 5.74) is 10.5. The number of rotatable bonds is 3. The molecule has 0 N–H and O–H groups in total. The Balaban J connectivity index is 1.49. The normalized spacial score (nSPS) is 16.5. The second-order valence-electron chi connectivity index (χ2n) is 12.5. The first-order valence-electron chi connectivity index (χ1n) is 15.0. The molecule has 0 radical (unpaired) electrons. The van der Waals surface area contributed by atoms with Gasteiger partial charge in [-0.25, -0.2) is 0 Å². The molecule has 0 bridgehead atoms. The highest BCUT2D eigenvalue weighted by Crippen LogP contribution is 2.54. The summed E-state index contributed by atoms with van der Waals surface area (Å²) in [5.74, 6) is 0. The molecule has 1 saturated heterocycles. The second-order valence-corrected chi connectivity index (χ2v) is 12.5. The SMILES string of the molecule is CC1(C)OB(c2ccc3c(c2)-c2c(n(-c4ccccc4)c4ccccc24)-c2ccccc2N3c2ccccc2)OC1(C)C. The van der Waals surface area contributed by atoms with Gasteiger partial charge in [-0.2, -0.15) is 0 Å². The van der Waals surface area contributed by atoms with Crippen molar-refractivity contribution >= 4 is 40.5 Å². The fraction of sp³-hybridized carbons (Fsp3) is 0.158. The summed E-state index contributed by atoms with van der Waals surface area (Å²) in [6.07, 6.45) is 0. The van der Waals surface area contributed by atoms with Crippen molar-refractivity contribution < 1.29 is 9.31 Å². The number of hydrogen-bond acceptors (Lipinski definition) is 3. The van der Waals surface area contributed by atoms with E-state index >= 15 is 0 Å². The zero-order valence-corrected chi connectivity index (χ0v) is 24.9. The topological polar surface area (TPSA) is 26.6 Å². The molecule has 6 aromatic rings. The van der Waals surface area contributed by atoms with Gasteiger partial charge in [0.25, 0.3) is 0 Å². The Labute approximate surface area is 253 Å². The predicted molar refractivity (Wildman–Crippen MR) is 178 cm³/mol. The van der Waals surface area contributed by atoms with E-state index in [1.54, 1.807) is 0 Å². The second kappa shape index (κ2) is 9.47. The molecular formula is C38H33BN2O2. The van der Waals surface area contributed by atoms with E-state index in [0.29, 0.717) is 0 Å². The first-order valence-corrected chi connectivity index (χ1v) is 15.0. The first kappa shape index (κ1) is 26.1. The molecule has 0 saturated carbocycles. The Morgan fingerprint density at radius 2 is 1.14 bits per heavy atom. The van der Waals surface area contributed by atoms with Crippen LogP contribution >= 0.6 is 0 Å². The van der Waals surface area contributed by atoms with Gasteiger partial charge in [0.05, 0.1) is 33.8 Å². The van der Waals surface area contributed by atoms with E-state index in [1.807, 2.05) is 0 Å². The lowest BCUT2D eigenvalue weighted by Crippen LogP contribution is -2.41. The lowest BCUT2D eigenvalue weighted by Gasteiger charge is -2.32. The van der Waals surface area contributed by atoms with Crippen LogP contribution in [0, 0.1) is 0 Å². The maximum atomic E-state index is 6.55. The summed E-state index contributed by atoms with van der Waals surface area (Å²) in [7, 11) is -0.461. The fourth-order valence-electron chi connectivity index (χ4n) is 6.54. The molecule has 0 spiro atoms. The Kier molecular flexibility index (Phi) is 5.74. The molecule has 43 heavy (non-hydrogen) atoms. The molecule has 0 aliphatic carbocycles. The van der Waals surface area contributed by atoms with Crippen LogP contribution in [0.1, 0.15) is 27.7 Å². The summed E-state index contributed by atoms with van der Waals surface area (Å²) >= 11 is 0. The van der Waals surface area contributed by atoms with E-state index < -0.39 is 18.3 Å². The van der Waals surface area contributed by atoms with Crippen LogP contribution in [0.5, 0.6) is 0 Å². The minimum atomic E-state index is -0.461. The number of aromatic nitrogens is 1. The van der Waals surface area contributed by atoms with Crippen molar-refractivity contribution in [1.29, 1.82) is 0 Å². The number of hydrogen-bond donors (Lipinski definition) is 0. The quantitative estimate of drug-likeness (QED) is 0.202. The van der Waals surface area contributed by atoms with Gasteiger partial charge in [-0.3, -0.25) is 0 Å². The molecule has 5 heteroatoms. The van der Waals surface area contributed by atoms with E-state index in [1.165, 1.54) is 27.7 Å². The van der Waals surface area contributed by atoms with Crippen LogP contribution in [0.15, 0.2) is 127 Å². The zero-order valence-electron chi connectivity index (χ0n) is 24.9. The largest absolute Gasteiger partial charge is 0.494 e. The molecule has 0 amide bonds. The van der Waals surface area contributed by atoms with Crippen LogP contribution < -0.4 is 10.4 Å².